The van der Waals surface area contributed by atoms with Crippen LogP contribution in [0, 0.1) is 12.3 Å². The SMILES string of the molecule is C#CC[n+]1c(/C=C/c2ccc(-c3ccc(N(C)C)cc3)n2C)sc2ccccc21.[Br-]. The molecule has 0 aliphatic rings. The minimum Gasteiger partial charge on any atom is -1.00 e. The maximum atomic E-state index is 5.61. The first kappa shape index (κ1) is 21.9. The molecule has 0 spiro atoms. The first-order valence-corrected chi connectivity index (χ1v) is 10.4. The highest BCUT2D eigenvalue weighted by atomic mass is 79.9. The standard InChI is InChI=1S/C25H24N3S.BrH/c1-5-18-28-23-8-6-7-9-24(23)29-25(28)17-15-21-14-16-22(27(21)4)19-10-12-20(13-11-19)26(2)3;/h1,6-17H,18H2,2-4H3;1H/q+1;/p-1. The summed E-state index contributed by atoms with van der Waals surface area (Å²) in [5.41, 5.74) is 5.95. The van der Waals surface area contributed by atoms with E-state index in [9.17, 15) is 0 Å². The third kappa shape index (κ3) is 4.21. The molecule has 2 aromatic heterocycles. The zero-order valence-corrected chi connectivity index (χ0v) is 19.7. The van der Waals surface area contributed by atoms with Crippen LogP contribution in [0.2, 0.25) is 0 Å². The number of thiazole rings is 1. The van der Waals surface area contributed by atoms with E-state index in [4.69, 9.17) is 6.42 Å². The molecule has 0 radical (unpaired) electrons. The first-order chi connectivity index (χ1) is 14.1. The molecule has 0 amide bonds. The van der Waals surface area contributed by atoms with Crippen LogP contribution in [0.25, 0.3) is 33.6 Å². The van der Waals surface area contributed by atoms with E-state index >= 15 is 0 Å². The van der Waals surface area contributed by atoms with Crippen molar-refractivity contribution in [2.45, 2.75) is 6.54 Å². The van der Waals surface area contributed by atoms with Crippen molar-refractivity contribution in [2.75, 3.05) is 19.0 Å². The summed E-state index contributed by atoms with van der Waals surface area (Å²) in [6.07, 6.45) is 9.94. The van der Waals surface area contributed by atoms with Crippen molar-refractivity contribution in [1.29, 1.82) is 0 Å². The Morgan fingerprint density at radius 3 is 2.47 bits per heavy atom. The summed E-state index contributed by atoms with van der Waals surface area (Å²) in [5.74, 6) is 2.78. The average Bonchev–Trinajstić information content (AvgIpc) is 3.27. The van der Waals surface area contributed by atoms with Crippen LogP contribution in [-0.4, -0.2) is 18.7 Å². The van der Waals surface area contributed by atoms with Crippen molar-refractivity contribution in [3.63, 3.8) is 0 Å². The molecule has 0 bridgehead atoms. The van der Waals surface area contributed by atoms with Crippen LogP contribution in [-0.2, 0) is 13.6 Å². The lowest BCUT2D eigenvalue weighted by Gasteiger charge is -2.13. The number of terminal acetylenes is 1. The van der Waals surface area contributed by atoms with Gasteiger partial charge in [-0.25, -0.2) is 0 Å². The largest absolute Gasteiger partial charge is 1.00 e. The number of benzene rings is 2. The second-order valence-corrected chi connectivity index (χ2v) is 8.24. The van der Waals surface area contributed by atoms with Crippen molar-refractivity contribution in [3.8, 4) is 23.6 Å². The molecule has 4 aromatic rings. The normalized spacial score (nSPS) is 10.9. The Labute approximate surface area is 192 Å². The highest BCUT2D eigenvalue weighted by Gasteiger charge is 2.17. The van der Waals surface area contributed by atoms with Gasteiger partial charge in [-0.1, -0.05) is 35.6 Å². The van der Waals surface area contributed by atoms with Gasteiger partial charge in [-0.05, 0) is 47.9 Å². The van der Waals surface area contributed by atoms with Crippen LogP contribution in [0.4, 0.5) is 5.69 Å². The van der Waals surface area contributed by atoms with Gasteiger partial charge in [0.2, 0.25) is 12.1 Å². The van der Waals surface area contributed by atoms with E-state index in [-0.39, 0.29) is 17.0 Å². The number of hydrogen-bond acceptors (Lipinski definition) is 2. The van der Waals surface area contributed by atoms with Gasteiger partial charge in [0.05, 0.1) is 0 Å². The summed E-state index contributed by atoms with van der Waals surface area (Å²) in [6, 6.07) is 21.4. The zero-order valence-electron chi connectivity index (χ0n) is 17.3. The Morgan fingerprint density at radius 1 is 1.03 bits per heavy atom. The predicted octanol–water partition coefficient (Wildman–Crippen LogP) is 2.07. The molecule has 4 rings (SSSR count). The lowest BCUT2D eigenvalue weighted by Crippen LogP contribution is -3.00. The van der Waals surface area contributed by atoms with Crippen LogP contribution in [0.5, 0.6) is 0 Å². The second kappa shape index (κ2) is 9.34. The van der Waals surface area contributed by atoms with E-state index in [1.165, 1.54) is 27.2 Å². The summed E-state index contributed by atoms with van der Waals surface area (Å²) >= 11 is 1.76. The van der Waals surface area contributed by atoms with E-state index in [0.29, 0.717) is 6.54 Å². The van der Waals surface area contributed by atoms with Gasteiger partial charge in [0.15, 0.2) is 0 Å². The van der Waals surface area contributed by atoms with Crippen molar-refractivity contribution >= 4 is 39.4 Å². The number of fused-ring (bicyclic) bond motifs is 1. The van der Waals surface area contributed by atoms with E-state index < -0.39 is 0 Å². The summed E-state index contributed by atoms with van der Waals surface area (Å²) in [7, 11) is 6.22. The minimum atomic E-state index is 0. The topological polar surface area (TPSA) is 12.1 Å². The maximum Gasteiger partial charge on any atom is 0.263 e. The number of nitrogens with zero attached hydrogens (tertiary/aromatic N) is 3. The third-order valence-electron chi connectivity index (χ3n) is 5.12. The Kier molecular flexibility index (Phi) is 6.81. The quantitative estimate of drug-likeness (QED) is 0.316. The zero-order chi connectivity index (χ0) is 20.4. The molecule has 0 atom stereocenters. The smallest absolute Gasteiger partial charge is 0.263 e. The molecule has 2 aromatic carbocycles. The molecule has 3 nitrogen and oxygen atoms in total. The minimum absolute atomic E-state index is 0. The van der Waals surface area contributed by atoms with Gasteiger partial charge in [-0.3, -0.25) is 0 Å². The van der Waals surface area contributed by atoms with E-state index in [1.807, 2.05) is 0 Å². The van der Waals surface area contributed by atoms with Gasteiger partial charge in [0.1, 0.15) is 4.70 Å². The Balaban J connectivity index is 0.00000256. The van der Waals surface area contributed by atoms with Gasteiger partial charge >= 0.3 is 0 Å². The van der Waals surface area contributed by atoms with E-state index in [0.717, 1.165) is 10.7 Å². The van der Waals surface area contributed by atoms with Crippen molar-refractivity contribution in [3.05, 3.63) is 71.4 Å². The van der Waals surface area contributed by atoms with Crippen molar-refractivity contribution in [2.24, 2.45) is 7.05 Å². The summed E-state index contributed by atoms with van der Waals surface area (Å²) < 4.78 is 5.66. The van der Waals surface area contributed by atoms with E-state index in [2.05, 4.69) is 114 Å². The number of hydrogen-bond donors (Lipinski definition) is 0. The van der Waals surface area contributed by atoms with Gasteiger partial charge in [0, 0.05) is 50.4 Å². The summed E-state index contributed by atoms with van der Waals surface area (Å²) in [4.78, 5) is 2.11. The van der Waals surface area contributed by atoms with Gasteiger partial charge < -0.3 is 26.4 Å². The number of halogens is 1. The summed E-state index contributed by atoms with van der Waals surface area (Å²) in [5, 5.41) is 1.15. The van der Waals surface area contributed by atoms with E-state index in [1.54, 1.807) is 11.3 Å². The molecule has 0 N–H and O–H groups in total. The molecule has 0 fully saturated rings. The lowest BCUT2D eigenvalue weighted by atomic mass is 10.1. The third-order valence-corrected chi connectivity index (χ3v) is 6.25. The molecular formula is C25H24BrN3S. The van der Waals surface area contributed by atoms with Crippen LogP contribution in [0.3, 0.4) is 0 Å². The molecule has 0 unspecified atom stereocenters. The van der Waals surface area contributed by atoms with Crippen LogP contribution in [0.15, 0.2) is 60.7 Å². The molecular weight excluding hydrogens is 454 g/mol. The molecule has 0 aliphatic heterocycles. The fraction of sp³-hybridized carbons (Fsp3) is 0.160. The molecule has 0 saturated carbocycles. The molecule has 152 valence electrons. The highest BCUT2D eigenvalue weighted by molar-refractivity contribution is 7.18. The number of para-hydroxylation sites is 1. The van der Waals surface area contributed by atoms with Crippen molar-refractivity contribution < 1.29 is 21.5 Å². The van der Waals surface area contributed by atoms with Gasteiger partial charge in [-0.2, -0.15) is 4.57 Å². The van der Waals surface area contributed by atoms with Crippen molar-refractivity contribution in [1.82, 2.24) is 4.57 Å². The number of aromatic nitrogens is 2. The molecule has 0 saturated heterocycles. The summed E-state index contributed by atoms with van der Waals surface area (Å²) in [6.45, 7) is 0.570. The molecule has 5 heteroatoms. The maximum absolute atomic E-state index is 5.61. The van der Waals surface area contributed by atoms with Gasteiger partial charge in [-0.15, -0.1) is 6.42 Å². The lowest BCUT2D eigenvalue weighted by molar-refractivity contribution is -0.655. The fourth-order valence-corrected chi connectivity index (χ4v) is 4.57. The molecule has 0 aliphatic carbocycles. The molecule has 2 heterocycles. The fourth-order valence-electron chi connectivity index (χ4n) is 3.50. The Morgan fingerprint density at radius 2 is 1.77 bits per heavy atom. The average molecular weight is 478 g/mol. The second-order valence-electron chi connectivity index (χ2n) is 7.18. The molecule has 30 heavy (non-hydrogen) atoms. The first-order valence-electron chi connectivity index (χ1n) is 9.55. The monoisotopic (exact) mass is 477 g/mol. The van der Waals surface area contributed by atoms with Crippen LogP contribution >= 0.6 is 11.3 Å². The van der Waals surface area contributed by atoms with Crippen LogP contribution in [0.1, 0.15) is 10.7 Å². The van der Waals surface area contributed by atoms with Gasteiger partial charge in [0.25, 0.3) is 5.01 Å². The Bertz CT molecular complexity index is 1220. The predicted molar refractivity (Wildman–Crippen MR) is 125 cm³/mol. The highest BCUT2D eigenvalue weighted by Crippen LogP contribution is 2.26. The number of rotatable bonds is 5. The Hall–Kier alpha value is -2.81. The number of anilines is 1. The van der Waals surface area contributed by atoms with Crippen LogP contribution < -0.4 is 26.4 Å².